The van der Waals surface area contributed by atoms with Gasteiger partial charge in [-0.1, -0.05) is 17.3 Å². The van der Waals surface area contributed by atoms with Crippen molar-refractivity contribution in [3.8, 4) is 0 Å². The fraction of sp³-hybridized carbons (Fsp3) is 0.450. The monoisotopic (exact) mass is 355 g/mol. The van der Waals surface area contributed by atoms with E-state index in [0.29, 0.717) is 24.3 Å². The van der Waals surface area contributed by atoms with E-state index in [1.54, 1.807) is 6.07 Å². The summed E-state index contributed by atoms with van der Waals surface area (Å²) in [4.78, 5) is 25.8. The maximum absolute atomic E-state index is 12.5. The van der Waals surface area contributed by atoms with Crippen LogP contribution in [0.3, 0.4) is 0 Å². The third kappa shape index (κ3) is 4.12. The van der Waals surface area contributed by atoms with E-state index in [4.69, 9.17) is 10.3 Å². The zero-order chi connectivity index (χ0) is 18.7. The minimum Gasteiger partial charge on any atom is -0.366 e. The molecule has 0 aliphatic carbocycles. The number of benzene rings is 1. The van der Waals surface area contributed by atoms with E-state index in [0.717, 1.165) is 48.5 Å². The smallest absolute Gasteiger partial charge is 0.248 e. The van der Waals surface area contributed by atoms with Crippen molar-refractivity contribution < 1.29 is 14.1 Å². The number of nitrogens with two attached hydrogens (primary N) is 1. The number of aryl methyl sites for hydroxylation is 2. The number of carbonyl (C=O) groups excluding carboxylic acids is 2. The van der Waals surface area contributed by atoms with Crippen molar-refractivity contribution in [1.29, 1.82) is 0 Å². The van der Waals surface area contributed by atoms with Crippen molar-refractivity contribution in [3.05, 3.63) is 52.4 Å². The molecule has 26 heavy (non-hydrogen) atoms. The predicted octanol–water partition coefficient (Wildman–Crippen LogP) is 2.41. The van der Waals surface area contributed by atoms with Gasteiger partial charge < -0.3 is 15.2 Å². The van der Waals surface area contributed by atoms with Crippen LogP contribution in [0.2, 0.25) is 0 Å². The number of primary amides is 1. The molecule has 138 valence electrons. The Morgan fingerprint density at radius 1 is 1.35 bits per heavy atom. The standard InChI is InChI=1S/C20H25N3O3/c1-13-18(14(2)26-22-13)6-7-19(24)23-9-8-16(12-23)10-15-4-3-5-17(11-15)20(21)25/h3-5,11,16H,6-10,12H2,1-2H3,(H2,21,25)/t16-/m0/s1. The van der Waals surface area contributed by atoms with E-state index in [1.165, 1.54) is 0 Å². The van der Waals surface area contributed by atoms with Crippen LogP contribution < -0.4 is 5.73 Å². The van der Waals surface area contributed by atoms with E-state index in [2.05, 4.69) is 5.16 Å². The van der Waals surface area contributed by atoms with Crippen LogP contribution in [-0.2, 0) is 17.6 Å². The van der Waals surface area contributed by atoms with E-state index >= 15 is 0 Å². The topological polar surface area (TPSA) is 89.4 Å². The van der Waals surface area contributed by atoms with Crippen LogP contribution in [-0.4, -0.2) is 35.0 Å². The van der Waals surface area contributed by atoms with Gasteiger partial charge in [-0.05, 0) is 56.7 Å². The first-order valence-electron chi connectivity index (χ1n) is 9.02. The summed E-state index contributed by atoms with van der Waals surface area (Å²) >= 11 is 0. The van der Waals surface area contributed by atoms with Crippen LogP contribution in [0, 0.1) is 19.8 Å². The lowest BCUT2D eigenvalue weighted by atomic mass is 9.97. The highest BCUT2D eigenvalue weighted by molar-refractivity contribution is 5.92. The molecular formula is C20H25N3O3. The van der Waals surface area contributed by atoms with Crippen molar-refractivity contribution >= 4 is 11.8 Å². The number of amides is 2. The summed E-state index contributed by atoms with van der Waals surface area (Å²) in [5.74, 6) is 0.984. The highest BCUT2D eigenvalue weighted by Crippen LogP contribution is 2.23. The Morgan fingerprint density at radius 2 is 2.15 bits per heavy atom. The molecule has 1 aliphatic heterocycles. The van der Waals surface area contributed by atoms with Crippen LogP contribution in [0.25, 0.3) is 0 Å². The van der Waals surface area contributed by atoms with Crippen molar-refractivity contribution in [2.45, 2.75) is 39.5 Å². The summed E-state index contributed by atoms with van der Waals surface area (Å²) in [7, 11) is 0. The van der Waals surface area contributed by atoms with Crippen LogP contribution in [0.1, 0.15) is 45.8 Å². The van der Waals surface area contributed by atoms with Gasteiger partial charge in [0, 0.05) is 30.6 Å². The SMILES string of the molecule is Cc1noc(C)c1CCC(=O)N1CC[C@@H](Cc2cccc(C(N)=O)c2)C1. The Morgan fingerprint density at radius 3 is 2.85 bits per heavy atom. The molecule has 1 aromatic carbocycles. The number of nitrogens with zero attached hydrogens (tertiary/aromatic N) is 2. The molecule has 0 spiro atoms. The van der Waals surface area contributed by atoms with Gasteiger partial charge in [0.15, 0.2) is 0 Å². The first kappa shape index (κ1) is 18.2. The van der Waals surface area contributed by atoms with Crippen LogP contribution in [0.15, 0.2) is 28.8 Å². The molecule has 2 heterocycles. The molecule has 0 saturated carbocycles. The first-order valence-corrected chi connectivity index (χ1v) is 9.02. The minimum atomic E-state index is -0.408. The van der Waals surface area contributed by atoms with Crippen LogP contribution in [0.4, 0.5) is 0 Å². The summed E-state index contributed by atoms with van der Waals surface area (Å²) in [5, 5.41) is 3.94. The van der Waals surface area contributed by atoms with E-state index in [9.17, 15) is 9.59 Å². The number of likely N-dealkylation sites (tertiary alicyclic amines) is 1. The highest BCUT2D eigenvalue weighted by Gasteiger charge is 2.26. The minimum absolute atomic E-state index is 0.179. The maximum Gasteiger partial charge on any atom is 0.248 e. The van der Waals surface area contributed by atoms with Gasteiger partial charge in [-0.25, -0.2) is 0 Å². The molecule has 1 aromatic heterocycles. The summed E-state index contributed by atoms with van der Waals surface area (Å²) < 4.78 is 5.16. The third-order valence-electron chi connectivity index (χ3n) is 5.14. The predicted molar refractivity (Wildman–Crippen MR) is 97.6 cm³/mol. The zero-order valence-electron chi connectivity index (χ0n) is 15.3. The lowest BCUT2D eigenvalue weighted by Gasteiger charge is -2.17. The number of aromatic nitrogens is 1. The van der Waals surface area contributed by atoms with E-state index in [1.807, 2.05) is 36.9 Å². The van der Waals surface area contributed by atoms with Gasteiger partial charge in [-0.3, -0.25) is 9.59 Å². The average molecular weight is 355 g/mol. The third-order valence-corrected chi connectivity index (χ3v) is 5.14. The van der Waals surface area contributed by atoms with Crippen molar-refractivity contribution in [3.63, 3.8) is 0 Å². The summed E-state index contributed by atoms with van der Waals surface area (Å²) in [5.41, 5.74) is 8.88. The van der Waals surface area contributed by atoms with Crippen molar-refractivity contribution in [1.82, 2.24) is 10.1 Å². The molecule has 2 amide bonds. The molecule has 1 atom stereocenters. The lowest BCUT2D eigenvalue weighted by Crippen LogP contribution is -2.29. The molecule has 6 heteroatoms. The van der Waals surface area contributed by atoms with Gasteiger partial charge in [0.2, 0.25) is 11.8 Å². The fourth-order valence-corrected chi connectivity index (χ4v) is 3.66. The highest BCUT2D eigenvalue weighted by atomic mass is 16.5. The molecule has 2 N–H and O–H groups in total. The Balaban J connectivity index is 1.52. The van der Waals surface area contributed by atoms with Gasteiger partial charge in [0.25, 0.3) is 0 Å². The van der Waals surface area contributed by atoms with E-state index in [-0.39, 0.29) is 5.91 Å². The average Bonchev–Trinajstić information content (AvgIpc) is 3.20. The Bertz CT molecular complexity index is 793. The van der Waals surface area contributed by atoms with E-state index < -0.39 is 5.91 Å². The van der Waals surface area contributed by atoms with Gasteiger partial charge in [-0.2, -0.15) is 0 Å². The molecule has 1 fully saturated rings. The molecule has 0 unspecified atom stereocenters. The molecule has 1 saturated heterocycles. The summed E-state index contributed by atoms with van der Waals surface area (Å²) in [6, 6.07) is 7.45. The van der Waals surface area contributed by atoms with Gasteiger partial charge in [0.05, 0.1) is 5.69 Å². The number of carbonyl (C=O) groups is 2. The molecule has 2 aromatic rings. The molecule has 0 bridgehead atoms. The quantitative estimate of drug-likeness (QED) is 0.862. The normalized spacial score (nSPS) is 16.8. The Hall–Kier alpha value is -2.63. The largest absolute Gasteiger partial charge is 0.366 e. The molecule has 0 radical (unpaired) electrons. The first-order chi connectivity index (χ1) is 12.4. The second-order valence-corrected chi connectivity index (χ2v) is 7.07. The van der Waals surface area contributed by atoms with Crippen molar-refractivity contribution in [2.24, 2.45) is 11.7 Å². The molecule has 6 nitrogen and oxygen atoms in total. The number of rotatable bonds is 6. The Labute approximate surface area is 153 Å². The number of hydrogen-bond donors (Lipinski definition) is 1. The molecular weight excluding hydrogens is 330 g/mol. The zero-order valence-corrected chi connectivity index (χ0v) is 15.3. The molecule has 1 aliphatic rings. The number of hydrogen-bond acceptors (Lipinski definition) is 4. The van der Waals surface area contributed by atoms with Gasteiger partial charge in [0.1, 0.15) is 5.76 Å². The van der Waals surface area contributed by atoms with Crippen LogP contribution in [0.5, 0.6) is 0 Å². The van der Waals surface area contributed by atoms with Crippen molar-refractivity contribution in [2.75, 3.05) is 13.1 Å². The fourth-order valence-electron chi connectivity index (χ4n) is 3.66. The summed E-state index contributed by atoms with van der Waals surface area (Å²) in [6.45, 7) is 5.34. The molecule has 3 rings (SSSR count). The lowest BCUT2D eigenvalue weighted by molar-refractivity contribution is -0.130. The van der Waals surface area contributed by atoms with Crippen LogP contribution >= 0.6 is 0 Å². The summed E-state index contributed by atoms with van der Waals surface area (Å²) in [6.07, 6.45) is 2.99. The maximum atomic E-state index is 12.5. The Kier molecular flexibility index (Phi) is 5.40. The van der Waals surface area contributed by atoms with Gasteiger partial charge >= 0.3 is 0 Å². The second kappa shape index (κ2) is 7.72. The second-order valence-electron chi connectivity index (χ2n) is 7.07. The van der Waals surface area contributed by atoms with Gasteiger partial charge in [-0.15, -0.1) is 0 Å².